The van der Waals surface area contributed by atoms with Crippen molar-refractivity contribution in [2.45, 2.75) is 31.9 Å². The first kappa shape index (κ1) is 10.5. The van der Waals surface area contributed by atoms with Crippen LogP contribution in [0.4, 0.5) is 0 Å². The minimum Gasteiger partial charge on any atom is -0.393 e. The fraction of sp³-hybridized carbons (Fsp3) is 0.357. The number of aliphatic hydroxyl groups is 1. The van der Waals surface area contributed by atoms with Crippen LogP contribution in [-0.2, 0) is 19.4 Å². The second-order valence-electron chi connectivity index (χ2n) is 4.63. The molecule has 17 heavy (non-hydrogen) atoms. The van der Waals surface area contributed by atoms with E-state index in [1.54, 1.807) is 0 Å². The van der Waals surface area contributed by atoms with E-state index in [9.17, 15) is 5.11 Å². The van der Waals surface area contributed by atoms with Crippen molar-refractivity contribution < 1.29 is 5.11 Å². The topological polar surface area (TPSA) is 38.0 Å². The highest BCUT2D eigenvalue weighted by Gasteiger charge is 2.19. The van der Waals surface area contributed by atoms with Crippen LogP contribution in [0.3, 0.4) is 0 Å². The Hall–Kier alpha value is -1.61. The van der Waals surface area contributed by atoms with Crippen LogP contribution >= 0.6 is 0 Å². The maximum atomic E-state index is 9.61. The van der Waals surface area contributed by atoms with Gasteiger partial charge in [-0.3, -0.25) is 0 Å². The molecule has 1 N–H and O–H groups in total. The van der Waals surface area contributed by atoms with Crippen LogP contribution in [-0.4, -0.2) is 20.8 Å². The van der Waals surface area contributed by atoms with Gasteiger partial charge in [0.1, 0.15) is 5.82 Å². The molecule has 0 radical (unpaired) electrons. The maximum absolute atomic E-state index is 9.61. The maximum Gasteiger partial charge on any atom is 0.113 e. The standard InChI is InChI=1S/C14H16N2O/c17-13-6-7-16-12(9-13)10-15-14(16)8-11-4-2-1-3-5-11/h1-5,10,13,17H,6-9H2. The molecule has 0 saturated heterocycles. The summed E-state index contributed by atoms with van der Waals surface area (Å²) in [6.45, 7) is 0.888. The summed E-state index contributed by atoms with van der Waals surface area (Å²) >= 11 is 0. The van der Waals surface area contributed by atoms with Gasteiger partial charge in [-0.25, -0.2) is 4.98 Å². The number of fused-ring (bicyclic) bond motifs is 1. The smallest absolute Gasteiger partial charge is 0.113 e. The zero-order valence-corrected chi connectivity index (χ0v) is 9.71. The SMILES string of the molecule is OC1CCn2c(cnc2Cc2ccccc2)C1. The van der Waals surface area contributed by atoms with Gasteiger partial charge in [0.15, 0.2) is 0 Å². The number of hydrogen-bond acceptors (Lipinski definition) is 2. The molecule has 1 atom stereocenters. The molecule has 3 heteroatoms. The van der Waals surface area contributed by atoms with Crippen LogP contribution in [0.15, 0.2) is 36.5 Å². The van der Waals surface area contributed by atoms with Gasteiger partial charge >= 0.3 is 0 Å². The van der Waals surface area contributed by atoms with Gasteiger partial charge in [-0.2, -0.15) is 0 Å². The first-order chi connectivity index (χ1) is 8.33. The fourth-order valence-corrected chi connectivity index (χ4v) is 2.43. The third kappa shape index (κ3) is 2.11. The van der Waals surface area contributed by atoms with E-state index in [1.807, 2.05) is 12.3 Å². The quantitative estimate of drug-likeness (QED) is 0.851. The van der Waals surface area contributed by atoms with Crippen molar-refractivity contribution in [1.29, 1.82) is 0 Å². The fourth-order valence-electron chi connectivity index (χ4n) is 2.43. The summed E-state index contributed by atoms with van der Waals surface area (Å²) < 4.78 is 2.25. The van der Waals surface area contributed by atoms with E-state index in [2.05, 4.69) is 33.8 Å². The van der Waals surface area contributed by atoms with E-state index in [4.69, 9.17) is 0 Å². The van der Waals surface area contributed by atoms with Crippen LogP contribution in [0.5, 0.6) is 0 Å². The molecule has 1 aromatic heterocycles. The lowest BCUT2D eigenvalue weighted by Crippen LogP contribution is -2.23. The summed E-state index contributed by atoms with van der Waals surface area (Å²) in [7, 11) is 0. The number of rotatable bonds is 2. The molecule has 0 aliphatic carbocycles. The van der Waals surface area contributed by atoms with E-state index >= 15 is 0 Å². The lowest BCUT2D eigenvalue weighted by molar-refractivity contribution is 0.143. The molecule has 2 aromatic rings. The largest absolute Gasteiger partial charge is 0.393 e. The highest BCUT2D eigenvalue weighted by molar-refractivity contribution is 5.21. The predicted octanol–water partition coefficient (Wildman–Crippen LogP) is 1.78. The van der Waals surface area contributed by atoms with Crippen LogP contribution < -0.4 is 0 Å². The van der Waals surface area contributed by atoms with Gasteiger partial charge in [-0.05, 0) is 12.0 Å². The van der Waals surface area contributed by atoms with Gasteiger partial charge in [-0.15, -0.1) is 0 Å². The Labute approximate surface area is 101 Å². The third-order valence-corrected chi connectivity index (χ3v) is 3.36. The Morgan fingerprint density at radius 3 is 2.94 bits per heavy atom. The first-order valence-electron chi connectivity index (χ1n) is 6.08. The molecule has 1 aromatic carbocycles. The molecule has 0 spiro atoms. The summed E-state index contributed by atoms with van der Waals surface area (Å²) in [6.07, 6.45) is 4.16. The van der Waals surface area contributed by atoms with Gasteiger partial charge in [0.2, 0.25) is 0 Å². The molecule has 3 nitrogen and oxygen atoms in total. The minimum atomic E-state index is -0.191. The number of benzene rings is 1. The molecule has 1 unspecified atom stereocenters. The molecule has 1 aliphatic heterocycles. The second kappa shape index (κ2) is 4.34. The third-order valence-electron chi connectivity index (χ3n) is 3.36. The van der Waals surface area contributed by atoms with Gasteiger partial charge < -0.3 is 9.67 Å². The molecular weight excluding hydrogens is 212 g/mol. The molecule has 88 valence electrons. The highest BCUT2D eigenvalue weighted by atomic mass is 16.3. The zero-order chi connectivity index (χ0) is 11.7. The Morgan fingerprint density at radius 2 is 2.12 bits per heavy atom. The molecule has 1 aliphatic rings. The average molecular weight is 228 g/mol. The Bertz CT molecular complexity index is 504. The minimum absolute atomic E-state index is 0.191. The van der Waals surface area contributed by atoms with E-state index in [1.165, 1.54) is 5.56 Å². The molecule has 0 bridgehead atoms. The van der Waals surface area contributed by atoms with Crippen molar-refractivity contribution in [2.75, 3.05) is 0 Å². The Kier molecular flexibility index (Phi) is 2.69. The molecule has 2 heterocycles. The average Bonchev–Trinajstić information content (AvgIpc) is 2.73. The van der Waals surface area contributed by atoms with Crippen molar-refractivity contribution in [3.63, 3.8) is 0 Å². The summed E-state index contributed by atoms with van der Waals surface area (Å²) in [4.78, 5) is 4.48. The van der Waals surface area contributed by atoms with E-state index in [0.29, 0.717) is 0 Å². The predicted molar refractivity (Wildman–Crippen MR) is 65.8 cm³/mol. The molecule has 3 rings (SSSR count). The number of hydrogen-bond donors (Lipinski definition) is 1. The summed E-state index contributed by atoms with van der Waals surface area (Å²) in [5.41, 5.74) is 2.45. The molecular formula is C14H16N2O. The number of imidazole rings is 1. The normalized spacial score (nSPS) is 19.0. The van der Waals surface area contributed by atoms with E-state index in [-0.39, 0.29) is 6.10 Å². The first-order valence-corrected chi connectivity index (χ1v) is 6.08. The Morgan fingerprint density at radius 1 is 1.29 bits per heavy atom. The molecule has 0 fully saturated rings. The van der Waals surface area contributed by atoms with Crippen molar-refractivity contribution in [2.24, 2.45) is 0 Å². The lowest BCUT2D eigenvalue weighted by Gasteiger charge is -2.21. The second-order valence-corrected chi connectivity index (χ2v) is 4.63. The van der Waals surface area contributed by atoms with Crippen molar-refractivity contribution in [1.82, 2.24) is 9.55 Å². The monoisotopic (exact) mass is 228 g/mol. The van der Waals surface area contributed by atoms with Gasteiger partial charge in [0.05, 0.1) is 6.10 Å². The van der Waals surface area contributed by atoms with Crippen molar-refractivity contribution in [3.05, 3.63) is 53.6 Å². The van der Waals surface area contributed by atoms with Gasteiger partial charge in [0.25, 0.3) is 0 Å². The Balaban J connectivity index is 1.85. The van der Waals surface area contributed by atoms with E-state index in [0.717, 1.165) is 37.3 Å². The van der Waals surface area contributed by atoms with Crippen LogP contribution in [0.25, 0.3) is 0 Å². The number of nitrogens with zero attached hydrogens (tertiary/aromatic N) is 2. The van der Waals surface area contributed by atoms with E-state index < -0.39 is 0 Å². The highest BCUT2D eigenvalue weighted by Crippen LogP contribution is 2.19. The van der Waals surface area contributed by atoms with Crippen molar-refractivity contribution in [3.8, 4) is 0 Å². The number of aromatic nitrogens is 2. The zero-order valence-electron chi connectivity index (χ0n) is 9.71. The summed E-state index contributed by atoms with van der Waals surface area (Å²) in [5.74, 6) is 1.11. The van der Waals surface area contributed by atoms with Gasteiger partial charge in [-0.1, -0.05) is 30.3 Å². The van der Waals surface area contributed by atoms with Gasteiger partial charge in [0, 0.05) is 31.3 Å². The van der Waals surface area contributed by atoms with Crippen LogP contribution in [0.2, 0.25) is 0 Å². The summed E-state index contributed by atoms with van der Waals surface area (Å²) in [5, 5.41) is 9.61. The molecule has 0 amide bonds. The van der Waals surface area contributed by atoms with Crippen molar-refractivity contribution >= 4 is 0 Å². The lowest BCUT2D eigenvalue weighted by atomic mass is 10.1. The number of aliphatic hydroxyl groups excluding tert-OH is 1. The van der Waals surface area contributed by atoms with Crippen LogP contribution in [0.1, 0.15) is 23.5 Å². The summed E-state index contributed by atoms with van der Waals surface area (Å²) in [6, 6.07) is 10.4. The molecule has 0 saturated carbocycles. The van der Waals surface area contributed by atoms with Crippen LogP contribution in [0, 0.1) is 0 Å².